The predicted octanol–water partition coefficient (Wildman–Crippen LogP) is 8.05. The van der Waals surface area contributed by atoms with E-state index in [0.29, 0.717) is 45.6 Å². The van der Waals surface area contributed by atoms with E-state index in [1.807, 2.05) is 32.9 Å². The van der Waals surface area contributed by atoms with Gasteiger partial charge in [-0.3, -0.25) is 14.6 Å². The normalized spacial score (nSPS) is 15.3. The average Bonchev–Trinajstić information content (AvgIpc) is 3.22. The van der Waals surface area contributed by atoms with E-state index < -0.39 is 23.6 Å². The number of hydrogen-bond donors (Lipinski definition) is 0. The maximum Gasteiger partial charge on any atom is 0.411 e. The summed E-state index contributed by atoms with van der Waals surface area (Å²) in [5.74, 6) is -0.506. The van der Waals surface area contributed by atoms with Gasteiger partial charge in [-0.1, -0.05) is 40.9 Å². The molecular formula is C28H24Cl3FN4O2. The molecule has 0 spiro atoms. The van der Waals surface area contributed by atoms with Crippen LogP contribution >= 0.6 is 34.8 Å². The number of amides is 1. The SMILES string of the molecule is CC(C)(C)OC(=O)N1CCn2nc(-c3ccc(Cl)cc3F)c(-c3ccncc3)c2C1c1ccc(Cl)cc1Cl. The third-order valence-electron chi connectivity index (χ3n) is 6.16. The van der Waals surface area contributed by atoms with Crippen LogP contribution in [-0.4, -0.2) is 37.9 Å². The number of nitrogens with zero attached hydrogens (tertiary/aromatic N) is 4. The lowest BCUT2D eigenvalue weighted by Crippen LogP contribution is -2.45. The third kappa shape index (κ3) is 5.10. The molecule has 5 rings (SSSR count). The summed E-state index contributed by atoms with van der Waals surface area (Å²) < 4.78 is 22.8. The number of fused-ring (bicyclic) bond motifs is 1. The van der Waals surface area contributed by atoms with Crippen molar-refractivity contribution in [1.82, 2.24) is 19.7 Å². The standard InChI is InChI=1S/C28H24Cl3FN4O2/c1-28(2,3)38-27(37)35-12-13-36-26(25(35)19-6-4-17(29)14-21(19)31)23(16-8-10-33-11-9-16)24(34-36)20-7-5-18(30)15-22(20)32/h4-11,14-15,25H,12-13H2,1-3H3. The number of halogens is 4. The maximum absolute atomic E-state index is 15.2. The summed E-state index contributed by atoms with van der Waals surface area (Å²) in [7, 11) is 0. The summed E-state index contributed by atoms with van der Waals surface area (Å²) in [5, 5.41) is 5.97. The fourth-order valence-corrected chi connectivity index (χ4v) is 5.30. The summed E-state index contributed by atoms with van der Waals surface area (Å²) in [6, 6.07) is 12.6. The van der Waals surface area contributed by atoms with E-state index in [4.69, 9.17) is 44.6 Å². The van der Waals surface area contributed by atoms with Crippen LogP contribution in [0.3, 0.4) is 0 Å². The minimum Gasteiger partial charge on any atom is -0.444 e. The molecule has 0 N–H and O–H groups in total. The van der Waals surface area contributed by atoms with Crippen LogP contribution in [0.5, 0.6) is 0 Å². The van der Waals surface area contributed by atoms with Crippen LogP contribution in [0.25, 0.3) is 22.4 Å². The Hall–Kier alpha value is -3.13. The second-order valence-corrected chi connectivity index (χ2v) is 11.2. The Kier molecular flexibility index (Phi) is 7.11. The quantitative estimate of drug-likeness (QED) is 0.249. The first-order valence-electron chi connectivity index (χ1n) is 11.9. The molecule has 1 unspecified atom stereocenters. The van der Waals surface area contributed by atoms with Gasteiger partial charge in [-0.05, 0) is 74.4 Å². The van der Waals surface area contributed by atoms with Crippen molar-refractivity contribution in [3.63, 3.8) is 0 Å². The summed E-state index contributed by atoms with van der Waals surface area (Å²) in [5.41, 5.74) is 2.70. The Bertz CT molecular complexity index is 1520. The molecule has 1 aliphatic rings. The minimum atomic E-state index is -0.714. The number of pyridine rings is 1. The number of carbonyl (C=O) groups excluding carboxylic acids is 1. The first kappa shape index (κ1) is 26.5. The molecule has 2 aromatic heterocycles. The number of aromatic nitrogens is 3. The van der Waals surface area contributed by atoms with E-state index >= 15 is 4.39 Å². The summed E-state index contributed by atoms with van der Waals surface area (Å²) >= 11 is 19.0. The van der Waals surface area contributed by atoms with Gasteiger partial charge < -0.3 is 4.74 Å². The Balaban J connectivity index is 1.80. The van der Waals surface area contributed by atoms with Crippen LogP contribution in [0.15, 0.2) is 60.9 Å². The van der Waals surface area contributed by atoms with Crippen molar-refractivity contribution in [3.8, 4) is 22.4 Å². The highest BCUT2D eigenvalue weighted by Gasteiger charge is 2.40. The van der Waals surface area contributed by atoms with Gasteiger partial charge in [-0.2, -0.15) is 5.10 Å². The predicted molar refractivity (Wildman–Crippen MR) is 147 cm³/mol. The zero-order chi connectivity index (χ0) is 27.2. The molecule has 0 bridgehead atoms. The zero-order valence-corrected chi connectivity index (χ0v) is 23.2. The molecule has 0 saturated carbocycles. The van der Waals surface area contributed by atoms with Crippen LogP contribution in [0.2, 0.25) is 15.1 Å². The molecule has 0 fully saturated rings. The number of ether oxygens (including phenoxy) is 1. The molecule has 2 aromatic carbocycles. The van der Waals surface area contributed by atoms with Gasteiger partial charge in [-0.15, -0.1) is 0 Å². The number of hydrogen-bond acceptors (Lipinski definition) is 4. The van der Waals surface area contributed by atoms with Gasteiger partial charge in [0.15, 0.2) is 0 Å². The summed E-state index contributed by atoms with van der Waals surface area (Å²) in [6.45, 7) is 6.10. The summed E-state index contributed by atoms with van der Waals surface area (Å²) in [4.78, 5) is 19.3. The Morgan fingerprint density at radius 2 is 1.68 bits per heavy atom. The molecule has 0 saturated heterocycles. The maximum atomic E-state index is 15.2. The van der Waals surface area contributed by atoms with Crippen molar-refractivity contribution in [3.05, 3.63) is 93.1 Å². The first-order valence-corrected chi connectivity index (χ1v) is 13.1. The lowest BCUT2D eigenvalue weighted by Gasteiger charge is -2.38. The largest absolute Gasteiger partial charge is 0.444 e. The number of benzene rings is 2. The van der Waals surface area contributed by atoms with Gasteiger partial charge in [0.1, 0.15) is 23.2 Å². The molecule has 0 radical (unpaired) electrons. The van der Waals surface area contributed by atoms with Crippen molar-refractivity contribution in [2.45, 2.75) is 39.0 Å². The lowest BCUT2D eigenvalue weighted by atomic mass is 9.91. The van der Waals surface area contributed by atoms with Crippen LogP contribution in [0.4, 0.5) is 9.18 Å². The van der Waals surface area contributed by atoms with Crippen LogP contribution < -0.4 is 0 Å². The summed E-state index contributed by atoms with van der Waals surface area (Å²) in [6.07, 6.45) is 2.81. The Labute approximate surface area is 234 Å². The van der Waals surface area contributed by atoms with E-state index in [1.165, 1.54) is 6.07 Å². The van der Waals surface area contributed by atoms with Gasteiger partial charge >= 0.3 is 6.09 Å². The van der Waals surface area contributed by atoms with Crippen LogP contribution in [-0.2, 0) is 11.3 Å². The molecule has 3 heterocycles. The van der Waals surface area contributed by atoms with Crippen molar-refractivity contribution in [2.24, 2.45) is 0 Å². The van der Waals surface area contributed by atoms with Crippen LogP contribution in [0.1, 0.15) is 38.1 Å². The number of carbonyl (C=O) groups is 1. The van der Waals surface area contributed by atoms with Gasteiger partial charge in [0, 0.05) is 45.1 Å². The van der Waals surface area contributed by atoms with Gasteiger partial charge in [-0.25, -0.2) is 9.18 Å². The Morgan fingerprint density at radius 1 is 1.00 bits per heavy atom. The first-order chi connectivity index (χ1) is 18.0. The highest BCUT2D eigenvalue weighted by Crippen LogP contribution is 2.46. The van der Waals surface area contributed by atoms with E-state index in [9.17, 15) is 4.79 Å². The number of rotatable bonds is 3. The molecule has 1 aliphatic heterocycles. The van der Waals surface area contributed by atoms with E-state index in [1.54, 1.807) is 52.3 Å². The molecule has 38 heavy (non-hydrogen) atoms. The van der Waals surface area contributed by atoms with Gasteiger partial charge in [0.25, 0.3) is 0 Å². The fourth-order valence-electron chi connectivity index (χ4n) is 4.63. The van der Waals surface area contributed by atoms with E-state index in [2.05, 4.69) is 4.98 Å². The molecule has 1 amide bonds. The highest BCUT2D eigenvalue weighted by atomic mass is 35.5. The molecule has 10 heteroatoms. The molecule has 4 aromatic rings. The molecule has 0 aliphatic carbocycles. The van der Waals surface area contributed by atoms with Gasteiger partial charge in [0.05, 0.1) is 12.2 Å². The van der Waals surface area contributed by atoms with E-state index in [0.717, 1.165) is 5.56 Å². The van der Waals surface area contributed by atoms with Crippen molar-refractivity contribution < 1.29 is 13.9 Å². The second-order valence-electron chi connectivity index (χ2n) is 9.93. The van der Waals surface area contributed by atoms with Gasteiger partial charge in [0.2, 0.25) is 0 Å². The van der Waals surface area contributed by atoms with Crippen LogP contribution in [0, 0.1) is 5.82 Å². The monoisotopic (exact) mass is 572 g/mol. The van der Waals surface area contributed by atoms with E-state index in [-0.39, 0.29) is 10.6 Å². The molecule has 196 valence electrons. The molecule has 6 nitrogen and oxygen atoms in total. The highest BCUT2D eigenvalue weighted by molar-refractivity contribution is 6.35. The van der Waals surface area contributed by atoms with Crippen molar-refractivity contribution in [1.29, 1.82) is 0 Å². The second kappa shape index (κ2) is 10.2. The molecular weight excluding hydrogens is 550 g/mol. The minimum absolute atomic E-state index is 0.280. The topological polar surface area (TPSA) is 60.2 Å². The smallest absolute Gasteiger partial charge is 0.411 e. The zero-order valence-electron chi connectivity index (χ0n) is 20.9. The fraction of sp³-hybridized carbons (Fsp3) is 0.250. The van der Waals surface area contributed by atoms with Crippen molar-refractivity contribution >= 4 is 40.9 Å². The third-order valence-corrected chi connectivity index (χ3v) is 6.95. The van der Waals surface area contributed by atoms with Crippen molar-refractivity contribution in [2.75, 3.05) is 6.54 Å². The Morgan fingerprint density at radius 3 is 2.34 bits per heavy atom. The molecule has 1 atom stereocenters. The lowest BCUT2D eigenvalue weighted by molar-refractivity contribution is 0.0142. The average molecular weight is 574 g/mol.